The van der Waals surface area contributed by atoms with Gasteiger partial charge in [0.05, 0.1) is 5.52 Å². The third-order valence-electron chi connectivity index (χ3n) is 5.37. The van der Waals surface area contributed by atoms with Crippen LogP contribution >= 0.6 is 0 Å². The summed E-state index contributed by atoms with van der Waals surface area (Å²) in [7, 11) is 0. The SMILES string of the molecule is CCCc1cc(-c2ccc(F)cc2)cc2c(NCc3cnc(C)c(C)c3)ncnc12. The summed E-state index contributed by atoms with van der Waals surface area (Å²) in [5.41, 5.74) is 7.46. The average molecular weight is 401 g/mol. The summed E-state index contributed by atoms with van der Waals surface area (Å²) >= 11 is 0. The first-order valence-corrected chi connectivity index (χ1v) is 10.2. The molecule has 152 valence electrons. The van der Waals surface area contributed by atoms with Gasteiger partial charge in [-0.25, -0.2) is 14.4 Å². The molecule has 0 radical (unpaired) electrons. The second-order valence-electron chi connectivity index (χ2n) is 7.61. The van der Waals surface area contributed by atoms with E-state index in [0.717, 1.165) is 51.9 Å². The summed E-state index contributed by atoms with van der Waals surface area (Å²) in [6.45, 7) is 6.86. The van der Waals surface area contributed by atoms with Gasteiger partial charge in [-0.15, -0.1) is 0 Å². The maximum atomic E-state index is 13.4. The monoisotopic (exact) mass is 400 g/mol. The van der Waals surface area contributed by atoms with E-state index in [0.29, 0.717) is 6.54 Å². The fourth-order valence-corrected chi connectivity index (χ4v) is 3.64. The van der Waals surface area contributed by atoms with Gasteiger partial charge >= 0.3 is 0 Å². The van der Waals surface area contributed by atoms with Crippen LogP contribution < -0.4 is 5.32 Å². The highest BCUT2D eigenvalue weighted by atomic mass is 19.1. The third kappa shape index (κ3) is 4.15. The van der Waals surface area contributed by atoms with Crippen molar-refractivity contribution in [1.29, 1.82) is 0 Å². The number of aromatic nitrogens is 3. The molecule has 0 aliphatic rings. The van der Waals surface area contributed by atoms with E-state index in [2.05, 4.69) is 52.3 Å². The van der Waals surface area contributed by atoms with E-state index in [1.807, 2.05) is 25.3 Å². The highest BCUT2D eigenvalue weighted by molar-refractivity contribution is 5.94. The first kappa shape index (κ1) is 20.0. The number of rotatable bonds is 6. The van der Waals surface area contributed by atoms with Gasteiger partial charge in [-0.05, 0) is 72.4 Å². The summed E-state index contributed by atoms with van der Waals surface area (Å²) in [6.07, 6.45) is 5.44. The zero-order valence-electron chi connectivity index (χ0n) is 17.5. The first-order valence-electron chi connectivity index (χ1n) is 10.2. The maximum Gasteiger partial charge on any atom is 0.137 e. The van der Waals surface area contributed by atoms with E-state index in [4.69, 9.17) is 0 Å². The molecule has 30 heavy (non-hydrogen) atoms. The lowest BCUT2D eigenvalue weighted by molar-refractivity contribution is 0.628. The Labute approximate surface area is 176 Å². The van der Waals surface area contributed by atoms with Crippen molar-refractivity contribution in [1.82, 2.24) is 15.0 Å². The van der Waals surface area contributed by atoms with Gasteiger partial charge in [0.15, 0.2) is 0 Å². The summed E-state index contributed by atoms with van der Waals surface area (Å²) in [5.74, 6) is 0.556. The van der Waals surface area contributed by atoms with E-state index < -0.39 is 0 Å². The number of pyridine rings is 1. The lowest BCUT2D eigenvalue weighted by atomic mass is 9.97. The van der Waals surface area contributed by atoms with Crippen LogP contribution in [-0.4, -0.2) is 15.0 Å². The number of anilines is 1. The minimum atomic E-state index is -0.235. The van der Waals surface area contributed by atoms with E-state index in [1.54, 1.807) is 6.33 Å². The maximum absolute atomic E-state index is 13.4. The van der Waals surface area contributed by atoms with E-state index >= 15 is 0 Å². The van der Waals surface area contributed by atoms with Crippen LogP contribution in [-0.2, 0) is 13.0 Å². The Bertz CT molecular complexity index is 1190. The highest BCUT2D eigenvalue weighted by Crippen LogP contribution is 2.31. The van der Waals surface area contributed by atoms with Crippen LogP contribution in [0.5, 0.6) is 0 Å². The number of hydrogen-bond donors (Lipinski definition) is 1. The molecule has 4 aromatic rings. The Kier molecular flexibility index (Phi) is 5.70. The predicted molar refractivity (Wildman–Crippen MR) is 120 cm³/mol. The van der Waals surface area contributed by atoms with Crippen LogP contribution in [0.2, 0.25) is 0 Å². The Balaban J connectivity index is 1.75. The molecule has 0 unspecified atom stereocenters. The Morgan fingerprint density at radius 2 is 1.73 bits per heavy atom. The number of halogens is 1. The van der Waals surface area contributed by atoms with E-state index in [1.165, 1.54) is 23.3 Å². The summed E-state index contributed by atoms with van der Waals surface area (Å²) in [5, 5.41) is 4.43. The molecule has 4 rings (SSSR count). The number of hydrogen-bond acceptors (Lipinski definition) is 4. The second-order valence-corrected chi connectivity index (χ2v) is 7.61. The van der Waals surface area contributed by atoms with E-state index in [9.17, 15) is 4.39 Å². The molecule has 0 saturated heterocycles. The molecule has 5 heteroatoms. The minimum Gasteiger partial charge on any atom is -0.365 e. The number of aryl methyl sites for hydroxylation is 3. The minimum absolute atomic E-state index is 0.235. The largest absolute Gasteiger partial charge is 0.365 e. The molecule has 2 heterocycles. The molecule has 0 bridgehead atoms. The van der Waals surface area contributed by atoms with Crippen molar-refractivity contribution in [2.24, 2.45) is 0 Å². The third-order valence-corrected chi connectivity index (χ3v) is 5.37. The topological polar surface area (TPSA) is 50.7 Å². The van der Waals surface area contributed by atoms with Crippen molar-refractivity contribution >= 4 is 16.7 Å². The van der Waals surface area contributed by atoms with Crippen LogP contribution in [0.1, 0.15) is 35.7 Å². The predicted octanol–water partition coefficient (Wildman–Crippen LogP) is 6.01. The standard InChI is InChI=1S/C25H25FN4/c1-4-5-20-11-21(19-6-8-22(26)9-7-19)12-23-24(20)29-15-30-25(23)28-14-18-10-16(2)17(3)27-13-18/h6-13,15H,4-5,14H2,1-3H3,(H,28,29,30). The van der Waals surface area contributed by atoms with Crippen molar-refractivity contribution in [2.45, 2.75) is 40.2 Å². The Morgan fingerprint density at radius 3 is 2.47 bits per heavy atom. The Morgan fingerprint density at radius 1 is 0.933 bits per heavy atom. The van der Waals surface area contributed by atoms with Gasteiger partial charge in [0, 0.05) is 23.8 Å². The molecule has 2 aromatic heterocycles. The first-order chi connectivity index (χ1) is 14.5. The Hall–Kier alpha value is -3.34. The molecule has 0 spiro atoms. The zero-order valence-corrected chi connectivity index (χ0v) is 17.5. The summed E-state index contributed by atoms with van der Waals surface area (Å²) < 4.78 is 13.4. The molecule has 0 aliphatic heterocycles. The highest BCUT2D eigenvalue weighted by Gasteiger charge is 2.12. The quantitative estimate of drug-likeness (QED) is 0.430. The fraction of sp³-hybridized carbons (Fsp3) is 0.240. The lowest BCUT2D eigenvalue weighted by Crippen LogP contribution is -2.05. The van der Waals surface area contributed by atoms with Gasteiger partial charge in [0.1, 0.15) is 18.0 Å². The van der Waals surface area contributed by atoms with Crippen LogP contribution in [0.4, 0.5) is 10.2 Å². The van der Waals surface area contributed by atoms with Gasteiger partial charge in [0.2, 0.25) is 0 Å². The second kappa shape index (κ2) is 8.57. The molecular formula is C25H25FN4. The average Bonchev–Trinajstić information content (AvgIpc) is 2.75. The summed E-state index contributed by atoms with van der Waals surface area (Å²) in [4.78, 5) is 13.5. The summed E-state index contributed by atoms with van der Waals surface area (Å²) in [6, 6.07) is 13.0. The van der Waals surface area contributed by atoms with E-state index in [-0.39, 0.29) is 5.82 Å². The van der Waals surface area contributed by atoms with Crippen molar-refractivity contribution < 1.29 is 4.39 Å². The lowest BCUT2D eigenvalue weighted by Gasteiger charge is -2.14. The normalized spacial score (nSPS) is 11.1. The molecule has 4 nitrogen and oxygen atoms in total. The molecule has 1 N–H and O–H groups in total. The van der Waals surface area contributed by atoms with Crippen LogP contribution in [0.3, 0.4) is 0 Å². The number of nitrogens with zero attached hydrogens (tertiary/aromatic N) is 3. The smallest absolute Gasteiger partial charge is 0.137 e. The van der Waals surface area contributed by atoms with Crippen molar-refractivity contribution in [3.05, 3.63) is 83.2 Å². The van der Waals surface area contributed by atoms with Crippen LogP contribution in [0, 0.1) is 19.7 Å². The fourth-order valence-electron chi connectivity index (χ4n) is 3.64. The number of benzene rings is 2. The van der Waals surface area contributed by atoms with Gasteiger partial charge in [0.25, 0.3) is 0 Å². The molecule has 0 saturated carbocycles. The molecule has 0 aliphatic carbocycles. The number of nitrogens with one attached hydrogen (secondary N) is 1. The molecule has 0 fully saturated rings. The number of fused-ring (bicyclic) bond motifs is 1. The van der Waals surface area contributed by atoms with Crippen LogP contribution in [0.25, 0.3) is 22.0 Å². The van der Waals surface area contributed by atoms with Crippen molar-refractivity contribution in [2.75, 3.05) is 5.32 Å². The van der Waals surface area contributed by atoms with Gasteiger partial charge < -0.3 is 5.32 Å². The molecular weight excluding hydrogens is 375 g/mol. The molecule has 2 aromatic carbocycles. The van der Waals surface area contributed by atoms with Crippen molar-refractivity contribution in [3.63, 3.8) is 0 Å². The molecule has 0 atom stereocenters. The van der Waals surface area contributed by atoms with Crippen molar-refractivity contribution in [3.8, 4) is 11.1 Å². The van der Waals surface area contributed by atoms with Gasteiger partial charge in [-0.3, -0.25) is 4.98 Å². The van der Waals surface area contributed by atoms with Gasteiger partial charge in [-0.2, -0.15) is 0 Å². The van der Waals surface area contributed by atoms with Crippen LogP contribution in [0.15, 0.2) is 55.0 Å². The zero-order chi connectivity index (χ0) is 21.1. The molecule has 0 amide bonds. The van der Waals surface area contributed by atoms with Gasteiger partial charge in [-0.1, -0.05) is 31.5 Å².